The predicted octanol–water partition coefficient (Wildman–Crippen LogP) is 1.57. The molecule has 0 unspecified atom stereocenters. The third-order valence-electron chi connectivity index (χ3n) is 7.80. The number of fused-ring (bicyclic) bond motifs is 1. The van der Waals surface area contributed by atoms with Crippen molar-refractivity contribution in [2.24, 2.45) is 17.3 Å². The fraction of sp³-hybridized carbons (Fsp3) is 0.760. The van der Waals surface area contributed by atoms with Crippen LogP contribution in [0.2, 0.25) is 0 Å². The number of piperazine rings is 1. The zero-order valence-electron chi connectivity index (χ0n) is 20.4. The van der Waals surface area contributed by atoms with Gasteiger partial charge in [-0.1, -0.05) is 12.5 Å². The molecule has 9 nitrogen and oxygen atoms in total. The molecular formula is C25H37N3O6. The van der Waals surface area contributed by atoms with Crippen LogP contribution >= 0.6 is 0 Å². The van der Waals surface area contributed by atoms with Gasteiger partial charge in [0.25, 0.3) is 0 Å². The van der Waals surface area contributed by atoms with Crippen molar-refractivity contribution in [1.29, 1.82) is 0 Å². The number of nitrogens with zero attached hydrogens (tertiary/aromatic N) is 3. The Bertz CT molecular complexity index is 846. The molecule has 2 atom stereocenters. The van der Waals surface area contributed by atoms with Gasteiger partial charge in [0.2, 0.25) is 17.7 Å². The van der Waals surface area contributed by atoms with E-state index in [4.69, 9.17) is 9.47 Å². The molecule has 0 N–H and O–H groups in total. The average Bonchev–Trinajstić information content (AvgIpc) is 3.69. The van der Waals surface area contributed by atoms with Gasteiger partial charge < -0.3 is 24.2 Å². The Hall–Kier alpha value is -2.42. The van der Waals surface area contributed by atoms with Gasteiger partial charge in [0.1, 0.15) is 5.41 Å². The van der Waals surface area contributed by atoms with Crippen LogP contribution in [-0.2, 0) is 28.7 Å². The van der Waals surface area contributed by atoms with Crippen molar-refractivity contribution in [2.75, 3.05) is 53.6 Å². The number of amides is 3. The van der Waals surface area contributed by atoms with Crippen LogP contribution in [0, 0.1) is 17.3 Å². The first-order valence-electron chi connectivity index (χ1n) is 12.6. The number of hydrogen-bond donors (Lipinski definition) is 0. The zero-order valence-corrected chi connectivity index (χ0v) is 20.4. The number of likely N-dealkylation sites (tertiary alicyclic amines) is 1. The second-order valence-electron chi connectivity index (χ2n) is 9.87. The molecule has 188 valence electrons. The van der Waals surface area contributed by atoms with Gasteiger partial charge in [-0.2, -0.15) is 0 Å². The van der Waals surface area contributed by atoms with E-state index in [1.54, 1.807) is 16.9 Å². The first kappa shape index (κ1) is 24.7. The number of ether oxygens (including phenoxy) is 2. The van der Waals surface area contributed by atoms with Crippen molar-refractivity contribution in [2.45, 2.75) is 51.4 Å². The maximum atomic E-state index is 13.7. The molecule has 0 radical (unpaired) electrons. The summed E-state index contributed by atoms with van der Waals surface area (Å²) in [7, 11) is 2.97. The highest BCUT2D eigenvalue weighted by molar-refractivity contribution is 5.99. The number of rotatable bonds is 8. The molecule has 34 heavy (non-hydrogen) atoms. The first-order chi connectivity index (χ1) is 16.4. The van der Waals surface area contributed by atoms with Gasteiger partial charge in [-0.25, -0.2) is 0 Å². The summed E-state index contributed by atoms with van der Waals surface area (Å²) >= 11 is 0. The second-order valence-corrected chi connectivity index (χ2v) is 9.87. The third-order valence-corrected chi connectivity index (χ3v) is 7.80. The minimum atomic E-state index is -1.12. The molecule has 9 heteroatoms. The Balaban J connectivity index is 1.52. The molecule has 2 aliphatic heterocycles. The second kappa shape index (κ2) is 10.5. The van der Waals surface area contributed by atoms with Gasteiger partial charge in [-0.15, -0.1) is 0 Å². The number of methoxy groups -OCH3 is 2. The molecule has 0 aromatic heterocycles. The molecule has 4 aliphatic rings. The largest absolute Gasteiger partial charge is 0.468 e. The summed E-state index contributed by atoms with van der Waals surface area (Å²) in [4.78, 5) is 57.9. The van der Waals surface area contributed by atoms with E-state index in [1.165, 1.54) is 7.11 Å². The lowest BCUT2D eigenvalue weighted by Gasteiger charge is -2.36. The summed E-state index contributed by atoms with van der Waals surface area (Å²) in [6.45, 7) is 2.93. The number of hydrogen-bond acceptors (Lipinski definition) is 6. The summed E-state index contributed by atoms with van der Waals surface area (Å²) in [5.41, 5.74) is -0.412. The van der Waals surface area contributed by atoms with Crippen molar-refractivity contribution in [3.05, 3.63) is 11.8 Å². The lowest BCUT2D eigenvalue weighted by Crippen LogP contribution is -2.52. The third kappa shape index (κ3) is 4.59. The molecule has 4 rings (SSSR count). The van der Waals surface area contributed by atoms with Gasteiger partial charge >= 0.3 is 5.97 Å². The van der Waals surface area contributed by atoms with Gasteiger partial charge in [0, 0.05) is 64.5 Å². The van der Waals surface area contributed by atoms with Crippen LogP contribution in [0.5, 0.6) is 0 Å². The summed E-state index contributed by atoms with van der Waals surface area (Å²) in [6, 6.07) is 0. The van der Waals surface area contributed by atoms with E-state index in [0.29, 0.717) is 57.9 Å². The van der Waals surface area contributed by atoms with Crippen LogP contribution in [0.25, 0.3) is 0 Å². The molecule has 3 amide bonds. The van der Waals surface area contributed by atoms with Gasteiger partial charge in [-0.3, -0.25) is 19.2 Å². The number of allylic oxidation sites excluding steroid dienone is 1. The minimum absolute atomic E-state index is 0.0252. The molecule has 0 aromatic carbocycles. The van der Waals surface area contributed by atoms with Gasteiger partial charge in [0.15, 0.2) is 0 Å². The zero-order chi connectivity index (χ0) is 24.3. The molecular weight excluding hydrogens is 438 g/mol. The lowest BCUT2D eigenvalue weighted by atomic mass is 9.71. The highest BCUT2D eigenvalue weighted by Crippen LogP contribution is 2.53. The standard InChI is InChI=1S/C25H37N3O6/c1-33-16-6-11-28-20-7-4-3-5-10-25(20,24(32)34-2)19(23(28)31)17-21(29)26-12-14-27(15-13-26)22(30)18-8-9-18/h7,18-19H,3-6,8-17H2,1-2H3/t19-,25+/m0/s1. The predicted molar refractivity (Wildman–Crippen MR) is 123 cm³/mol. The minimum Gasteiger partial charge on any atom is -0.468 e. The Labute approximate surface area is 201 Å². The van der Waals surface area contributed by atoms with Crippen LogP contribution in [0.3, 0.4) is 0 Å². The molecule has 0 aromatic rings. The van der Waals surface area contributed by atoms with Crippen LogP contribution in [0.15, 0.2) is 11.8 Å². The molecule has 0 bridgehead atoms. The summed E-state index contributed by atoms with van der Waals surface area (Å²) in [6.07, 6.45) is 7.57. The summed E-state index contributed by atoms with van der Waals surface area (Å²) in [5.74, 6) is -1.15. The normalized spacial score (nSPS) is 27.2. The first-order valence-corrected chi connectivity index (χ1v) is 12.6. The molecule has 2 saturated heterocycles. The highest BCUT2D eigenvalue weighted by Gasteiger charge is 2.61. The highest BCUT2D eigenvalue weighted by atomic mass is 16.5. The molecule has 3 fully saturated rings. The maximum Gasteiger partial charge on any atom is 0.318 e. The van der Waals surface area contributed by atoms with Crippen LogP contribution in [0.1, 0.15) is 51.4 Å². The van der Waals surface area contributed by atoms with E-state index in [0.717, 1.165) is 32.1 Å². The van der Waals surface area contributed by atoms with Crippen molar-refractivity contribution in [1.82, 2.24) is 14.7 Å². The van der Waals surface area contributed by atoms with Crippen molar-refractivity contribution >= 4 is 23.7 Å². The van der Waals surface area contributed by atoms with Crippen LogP contribution in [-0.4, -0.2) is 91.9 Å². The van der Waals surface area contributed by atoms with Crippen molar-refractivity contribution in [3.8, 4) is 0 Å². The van der Waals surface area contributed by atoms with Gasteiger partial charge in [0.05, 0.1) is 13.0 Å². The van der Waals surface area contributed by atoms with Gasteiger partial charge in [-0.05, 0) is 38.5 Å². The Morgan fingerprint density at radius 1 is 1.06 bits per heavy atom. The maximum absolute atomic E-state index is 13.7. The number of esters is 1. The lowest BCUT2D eigenvalue weighted by molar-refractivity contribution is -0.156. The number of carbonyl (C=O) groups is 4. The topological polar surface area (TPSA) is 96.5 Å². The van der Waals surface area contributed by atoms with Crippen molar-refractivity contribution < 1.29 is 28.7 Å². The van der Waals surface area contributed by atoms with E-state index < -0.39 is 17.3 Å². The summed E-state index contributed by atoms with van der Waals surface area (Å²) in [5, 5.41) is 0. The van der Waals surface area contributed by atoms with E-state index in [2.05, 4.69) is 0 Å². The monoisotopic (exact) mass is 475 g/mol. The van der Waals surface area contributed by atoms with Crippen LogP contribution < -0.4 is 0 Å². The van der Waals surface area contributed by atoms with Crippen LogP contribution in [0.4, 0.5) is 0 Å². The van der Waals surface area contributed by atoms with E-state index >= 15 is 0 Å². The number of carbonyl (C=O) groups excluding carboxylic acids is 4. The Kier molecular flexibility index (Phi) is 7.60. The SMILES string of the molecule is COCCCN1C(=O)[C@H](CC(=O)N2CCN(C(=O)C3CC3)CC2)[C@]2(C(=O)OC)CCCCC=C12. The van der Waals surface area contributed by atoms with E-state index in [9.17, 15) is 19.2 Å². The quantitative estimate of drug-likeness (QED) is 0.391. The average molecular weight is 476 g/mol. The van der Waals surface area contributed by atoms with E-state index in [1.807, 2.05) is 11.0 Å². The Morgan fingerprint density at radius 3 is 2.41 bits per heavy atom. The molecule has 1 saturated carbocycles. The van der Waals surface area contributed by atoms with E-state index in [-0.39, 0.29) is 30.1 Å². The molecule has 0 spiro atoms. The van der Waals surface area contributed by atoms with Crippen molar-refractivity contribution in [3.63, 3.8) is 0 Å². The fourth-order valence-corrected chi connectivity index (χ4v) is 5.78. The Morgan fingerprint density at radius 2 is 1.76 bits per heavy atom. The molecule has 2 heterocycles. The smallest absolute Gasteiger partial charge is 0.318 e. The summed E-state index contributed by atoms with van der Waals surface area (Å²) < 4.78 is 10.4. The fourth-order valence-electron chi connectivity index (χ4n) is 5.78. The molecule has 2 aliphatic carbocycles.